The molecule has 2 heterocycles. The van der Waals surface area contributed by atoms with Crippen LogP contribution in [0.5, 0.6) is 5.75 Å². The van der Waals surface area contributed by atoms with Crippen LogP contribution in [-0.2, 0) is 6.42 Å². The standard InChI is InChI=1S/C22H31N5O/c1-6-13-26(14-7-2)22-16(4)21(25-20-11-12-23-27(20)22)24-19-10-9-18(28-5)15-17(19)8-3/h9-12,15H,6-8,13-14H2,1-5H3,(H,24,25). The van der Waals surface area contributed by atoms with Crippen molar-refractivity contribution in [3.63, 3.8) is 0 Å². The number of benzene rings is 1. The van der Waals surface area contributed by atoms with Crippen molar-refractivity contribution in [2.45, 2.75) is 47.0 Å². The Hall–Kier alpha value is -2.76. The number of anilines is 3. The Morgan fingerprint density at radius 1 is 1.11 bits per heavy atom. The first-order chi connectivity index (χ1) is 13.6. The molecule has 0 atom stereocenters. The average Bonchev–Trinajstić information content (AvgIpc) is 3.16. The molecule has 0 unspecified atom stereocenters. The Morgan fingerprint density at radius 3 is 2.50 bits per heavy atom. The molecule has 0 spiro atoms. The maximum atomic E-state index is 5.38. The number of ether oxygens (including phenoxy) is 1. The van der Waals surface area contributed by atoms with Crippen LogP contribution >= 0.6 is 0 Å². The molecule has 0 aliphatic rings. The second kappa shape index (κ2) is 8.95. The smallest absolute Gasteiger partial charge is 0.159 e. The van der Waals surface area contributed by atoms with E-state index in [9.17, 15) is 0 Å². The summed E-state index contributed by atoms with van der Waals surface area (Å²) in [6.45, 7) is 10.7. The van der Waals surface area contributed by atoms with Gasteiger partial charge >= 0.3 is 0 Å². The number of hydrogen-bond donors (Lipinski definition) is 1. The van der Waals surface area contributed by atoms with Gasteiger partial charge in [-0.2, -0.15) is 9.61 Å². The minimum absolute atomic E-state index is 0.854. The molecule has 3 rings (SSSR count). The lowest BCUT2D eigenvalue weighted by atomic mass is 10.1. The quantitative estimate of drug-likeness (QED) is 0.566. The second-order valence-corrected chi connectivity index (χ2v) is 7.00. The summed E-state index contributed by atoms with van der Waals surface area (Å²) in [6.07, 6.45) is 4.91. The van der Waals surface area contributed by atoms with E-state index in [0.717, 1.165) is 66.6 Å². The molecule has 0 aliphatic carbocycles. The van der Waals surface area contributed by atoms with Gasteiger partial charge in [-0.3, -0.25) is 0 Å². The van der Waals surface area contributed by atoms with Gasteiger partial charge < -0.3 is 15.0 Å². The fourth-order valence-corrected chi connectivity index (χ4v) is 3.60. The Balaban J connectivity index is 2.08. The van der Waals surface area contributed by atoms with Gasteiger partial charge in [0.2, 0.25) is 0 Å². The van der Waals surface area contributed by atoms with Gasteiger partial charge in [0.15, 0.2) is 5.65 Å². The average molecular weight is 382 g/mol. The monoisotopic (exact) mass is 381 g/mol. The van der Waals surface area contributed by atoms with Crippen LogP contribution in [0.2, 0.25) is 0 Å². The predicted octanol–water partition coefficient (Wildman–Crippen LogP) is 4.98. The van der Waals surface area contributed by atoms with Crippen LogP contribution in [0.4, 0.5) is 17.3 Å². The minimum atomic E-state index is 0.854. The van der Waals surface area contributed by atoms with Gasteiger partial charge in [0.1, 0.15) is 17.4 Å². The number of nitrogens with zero attached hydrogens (tertiary/aromatic N) is 4. The molecule has 3 aromatic rings. The number of methoxy groups -OCH3 is 1. The van der Waals surface area contributed by atoms with Gasteiger partial charge in [-0.15, -0.1) is 0 Å². The van der Waals surface area contributed by atoms with Crippen LogP contribution in [0.25, 0.3) is 5.65 Å². The lowest BCUT2D eigenvalue weighted by Crippen LogP contribution is -2.28. The summed E-state index contributed by atoms with van der Waals surface area (Å²) in [5.41, 5.74) is 4.23. The summed E-state index contributed by atoms with van der Waals surface area (Å²) in [5, 5.41) is 8.11. The van der Waals surface area contributed by atoms with E-state index in [1.54, 1.807) is 7.11 Å². The normalized spacial score (nSPS) is 11.0. The zero-order valence-electron chi connectivity index (χ0n) is 17.6. The molecular weight excluding hydrogens is 350 g/mol. The van der Waals surface area contributed by atoms with Gasteiger partial charge in [0.25, 0.3) is 0 Å². The molecule has 0 saturated heterocycles. The highest BCUT2D eigenvalue weighted by molar-refractivity contribution is 5.71. The SMILES string of the molecule is CCCN(CCC)c1c(C)c(Nc2ccc(OC)cc2CC)nc2ccnn12. The first-order valence-corrected chi connectivity index (χ1v) is 10.2. The number of nitrogens with one attached hydrogen (secondary N) is 1. The van der Waals surface area contributed by atoms with E-state index in [2.05, 4.69) is 55.1 Å². The van der Waals surface area contributed by atoms with E-state index in [-0.39, 0.29) is 0 Å². The highest BCUT2D eigenvalue weighted by atomic mass is 16.5. The van der Waals surface area contributed by atoms with E-state index in [1.807, 2.05) is 22.8 Å². The fraction of sp³-hybridized carbons (Fsp3) is 0.455. The van der Waals surface area contributed by atoms with E-state index < -0.39 is 0 Å². The molecule has 0 radical (unpaired) electrons. The van der Waals surface area contributed by atoms with Crippen molar-refractivity contribution in [3.8, 4) is 5.75 Å². The summed E-state index contributed by atoms with van der Waals surface area (Å²) >= 11 is 0. The lowest BCUT2D eigenvalue weighted by molar-refractivity contribution is 0.414. The third-order valence-electron chi connectivity index (χ3n) is 4.97. The van der Waals surface area contributed by atoms with Crippen molar-refractivity contribution in [2.24, 2.45) is 0 Å². The van der Waals surface area contributed by atoms with Gasteiger partial charge in [-0.05, 0) is 49.9 Å². The van der Waals surface area contributed by atoms with Crippen LogP contribution in [0.1, 0.15) is 44.7 Å². The van der Waals surface area contributed by atoms with Crippen molar-refractivity contribution in [2.75, 3.05) is 30.4 Å². The largest absolute Gasteiger partial charge is 0.497 e. The van der Waals surface area contributed by atoms with Gasteiger partial charge in [-0.1, -0.05) is 20.8 Å². The summed E-state index contributed by atoms with van der Waals surface area (Å²) in [6, 6.07) is 8.08. The van der Waals surface area contributed by atoms with Gasteiger partial charge in [0, 0.05) is 30.4 Å². The Labute approximate surface area is 167 Å². The van der Waals surface area contributed by atoms with Crippen molar-refractivity contribution in [3.05, 3.63) is 41.6 Å². The summed E-state index contributed by atoms with van der Waals surface area (Å²) < 4.78 is 7.33. The van der Waals surface area contributed by atoms with Crippen LogP contribution in [0.3, 0.4) is 0 Å². The van der Waals surface area contributed by atoms with E-state index in [0.29, 0.717) is 0 Å². The third kappa shape index (κ3) is 3.91. The van der Waals surface area contributed by atoms with Gasteiger partial charge in [0.05, 0.1) is 13.3 Å². The molecule has 28 heavy (non-hydrogen) atoms. The zero-order chi connectivity index (χ0) is 20.1. The molecule has 1 N–H and O–H groups in total. The summed E-state index contributed by atoms with van der Waals surface area (Å²) in [4.78, 5) is 7.26. The lowest BCUT2D eigenvalue weighted by Gasteiger charge is -2.27. The molecule has 0 bridgehead atoms. The van der Waals surface area contributed by atoms with Crippen LogP contribution < -0.4 is 15.0 Å². The molecule has 0 aliphatic heterocycles. The Bertz CT molecular complexity index is 928. The van der Waals surface area contributed by atoms with E-state index in [1.165, 1.54) is 5.56 Å². The van der Waals surface area contributed by atoms with E-state index >= 15 is 0 Å². The van der Waals surface area contributed by atoms with E-state index in [4.69, 9.17) is 9.72 Å². The minimum Gasteiger partial charge on any atom is -0.497 e. The van der Waals surface area contributed by atoms with Crippen molar-refractivity contribution in [1.29, 1.82) is 0 Å². The molecule has 1 aromatic carbocycles. The van der Waals surface area contributed by atoms with Gasteiger partial charge in [-0.25, -0.2) is 4.98 Å². The van der Waals surface area contributed by atoms with Crippen molar-refractivity contribution < 1.29 is 4.74 Å². The highest BCUT2D eigenvalue weighted by Crippen LogP contribution is 2.31. The van der Waals surface area contributed by atoms with Crippen LogP contribution in [0, 0.1) is 6.92 Å². The second-order valence-electron chi connectivity index (χ2n) is 7.00. The number of aryl methyl sites for hydroxylation is 1. The first-order valence-electron chi connectivity index (χ1n) is 10.2. The molecule has 0 saturated carbocycles. The molecule has 6 heteroatoms. The Kier molecular flexibility index (Phi) is 6.39. The maximum Gasteiger partial charge on any atom is 0.159 e. The zero-order valence-corrected chi connectivity index (χ0v) is 17.6. The predicted molar refractivity (Wildman–Crippen MR) is 116 cm³/mol. The molecule has 150 valence electrons. The molecule has 0 fully saturated rings. The van der Waals surface area contributed by atoms with Crippen molar-refractivity contribution >= 4 is 23.0 Å². The first kappa shape index (κ1) is 20.0. The number of fused-ring (bicyclic) bond motifs is 1. The fourth-order valence-electron chi connectivity index (χ4n) is 3.60. The maximum absolute atomic E-state index is 5.38. The topological polar surface area (TPSA) is 54.7 Å². The van der Waals surface area contributed by atoms with Crippen LogP contribution in [0.15, 0.2) is 30.5 Å². The number of hydrogen-bond acceptors (Lipinski definition) is 5. The molecule has 6 nitrogen and oxygen atoms in total. The highest BCUT2D eigenvalue weighted by Gasteiger charge is 2.18. The molecule has 2 aromatic heterocycles. The summed E-state index contributed by atoms with van der Waals surface area (Å²) in [7, 11) is 1.70. The number of aromatic nitrogens is 3. The molecular formula is C22H31N5O. The molecule has 0 amide bonds. The summed E-state index contributed by atoms with van der Waals surface area (Å²) in [5.74, 6) is 2.86. The van der Waals surface area contributed by atoms with Crippen molar-refractivity contribution in [1.82, 2.24) is 14.6 Å². The third-order valence-corrected chi connectivity index (χ3v) is 4.97. The Morgan fingerprint density at radius 2 is 1.86 bits per heavy atom. The van der Waals surface area contributed by atoms with Crippen LogP contribution in [-0.4, -0.2) is 34.8 Å². The number of rotatable bonds is 9.